The second-order valence-corrected chi connectivity index (χ2v) is 6.44. The molecule has 2 aliphatic rings. The normalized spacial score (nSPS) is 23.6. The van der Waals surface area contributed by atoms with Gasteiger partial charge in [0.1, 0.15) is 0 Å². The molecule has 1 atom stereocenters. The minimum atomic E-state index is -0.204. The molecule has 0 saturated carbocycles. The number of likely N-dealkylation sites (tertiary alicyclic amines) is 1. The number of nitrogens with zero attached hydrogens (tertiary/aromatic N) is 2. The highest BCUT2D eigenvalue weighted by Crippen LogP contribution is 2.24. The van der Waals surface area contributed by atoms with Gasteiger partial charge in [-0.3, -0.25) is 9.79 Å². The van der Waals surface area contributed by atoms with E-state index in [1.54, 1.807) is 14.2 Å². The summed E-state index contributed by atoms with van der Waals surface area (Å²) >= 11 is 0. The predicted octanol–water partition coefficient (Wildman–Crippen LogP) is 1.65. The van der Waals surface area contributed by atoms with E-state index in [0.29, 0.717) is 19.7 Å². The summed E-state index contributed by atoms with van der Waals surface area (Å²) in [6, 6.07) is 0. The van der Waals surface area contributed by atoms with Crippen molar-refractivity contribution in [3.05, 3.63) is 0 Å². The lowest BCUT2D eigenvalue weighted by molar-refractivity contribution is -0.149. The molecular formula is C17H32IN3O4. The molecule has 2 rings (SSSR count). The number of aliphatic imine (C=N–C) groups is 1. The maximum Gasteiger partial charge on any atom is 0.310 e. The Balaban J connectivity index is 0.00000312. The van der Waals surface area contributed by atoms with Crippen molar-refractivity contribution >= 4 is 35.9 Å². The third kappa shape index (κ3) is 6.25. The number of hydrogen-bond acceptors (Lipinski definition) is 5. The summed E-state index contributed by atoms with van der Waals surface area (Å²) in [5.74, 6) is 0.652. The highest BCUT2D eigenvalue weighted by atomic mass is 127. The maximum absolute atomic E-state index is 12.0. The number of halogens is 1. The zero-order chi connectivity index (χ0) is 17.4. The molecule has 1 N–H and O–H groups in total. The van der Waals surface area contributed by atoms with E-state index in [9.17, 15) is 4.79 Å². The van der Waals surface area contributed by atoms with Gasteiger partial charge in [0.15, 0.2) is 5.96 Å². The summed E-state index contributed by atoms with van der Waals surface area (Å²) in [6.07, 6.45) is 3.59. The van der Waals surface area contributed by atoms with E-state index in [0.717, 1.165) is 51.4 Å². The van der Waals surface area contributed by atoms with Crippen LogP contribution < -0.4 is 5.32 Å². The van der Waals surface area contributed by atoms with Crippen molar-refractivity contribution in [2.75, 3.05) is 53.6 Å². The van der Waals surface area contributed by atoms with Crippen LogP contribution in [0, 0.1) is 5.92 Å². The van der Waals surface area contributed by atoms with Crippen molar-refractivity contribution in [3.63, 3.8) is 0 Å². The van der Waals surface area contributed by atoms with E-state index in [-0.39, 0.29) is 41.5 Å². The van der Waals surface area contributed by atoms with Crippen LogP contribution in [0.2, 0.25) is 0 Å². The van der Waals surface area contributed by atoms with Gasteiger partial charge in [0.05, 0.1) is 18.1 Å². The molecular weight excluding hydrogens is 437 g/mol. The van der Waals surface area contributed by atoms with E-state index >= 15 is 0 Å². The van der Waals surface area contributed by atoms with Crippen molar-refractivity contribution in [3.8, 4) is 0 Å². The SMILES string of the molecule is CCOC(=O)C1CCCN(C(=NC)NCC2(OC)CCOCC2)C1.I. The van der Waals surface area contributed by atoms with Crippen LogP contribution in [-0.4, -0.2) is 76.0 Å². The fourth-order valence-electron chi connectivity index (χ4n) is 3.39. The van der Waals surface area contributed by atoms with E-state index in [4.69, 9.17) is 14.2 Å². The zero-order valence-electron chi connectivity index (χ0n) is 15.6. The molecule has 2 heterocycles. The Morgan fingerprint density at radius 1 is 1.40 bits per heavy atom. The molecule has 0 aromatic carbocycles. The third-order valence-corrected chi connectivity index (χ3v) is 4.96. The fraction of sp³-hybridized carbons (Fsp3) is 0.882. The van der Waals surface area contributed by atoms with Crippen LogP contribution >= 0.6 is 24.0 Å². The van der Waals surface area contributed by atoms with Gasteiger partial charge in [0.2, 0.25) is 0 Å². The van der Waals surface area contributed by atoms with Crippen molar-refractivity contribution in [1.82, 2.24) is 10.2 Å². The van der Waals surface area contributed by atoms with E-state index in [1.807, 2.05) is 6.92 Å². The standard InChI is InChI=1S/C17H31N3O4.HI/c1-4-24-15(21)14-6-5-9-20(12-14)16(18-2)19-13-17(22-3)7-10-23-11-8-17;/h14H,4-13H2,1-3H3,(H,18,19);1H. The first kappa shape index (κ1) is 22.4. The van der Waals surface area contributed by atoms with Gasteiger partial charge >= 0.3 is 5.97 Å². The Morgan fingerprint density at radius 3 is 2.72 bits per heavy atom. The molecule has 0 aromatic rings. The molecule has 0 aromatic heterocycles. The number of nitrogens with one attached hydrogen (secondary N) is 1. The molecule has 1 unspecified atom stereocenters. The summed E-state index contributed by atoms with van der Waals surface area (Å²) in [6.45, 7) is 5.98. The molecule has 2 aliphatic heterocycles. The van der Waals surface area contributed by atoms with Gasteiger partial charge < -0.3 is 24.4 Å². The minimum absolute atomic E-state index is 0. The highest BCUT2D eigenvalue weighted by Gasteiger charge is 2.34. The van der Waals surface area contributed by atoms with Gasteiger partial charge in [-0.05, 0) is 19.8 Å². The molecule has 7 nitrogen and oxygen atoms in total. The monoisotopic (exact) mass is 469 g/mol. The molecule has 0 aliphatic carbocycles. The smallest absolute Gasteiger partial charge is 0.310 e. The van der Waals surface area contributed by atoms with Gasteiger partial charge in [-0.1, -0.05) is 0 Å². The van der Waals surface area contributed by atoms with Crippen molar-refractivity contribution in [1.29, 1.82) is 0 Å². The van der Waals surface area contributed by atoms with Crippen LogP contribution in [0.5, 0.6) is 0 Å². The van der Waals surface area contributed by atoms with Crippen LogP contribution in [0.15, 0.2) is 4.99 Å². The average Bonchev–Trinajstić information content (AvgIpc) is 2.63. The Bertz CT molecular complexity index is 442. The Hall–Kier alpha value is -0.610. The highest BCUT2D eigenvalue weighted by molar-refractivity contribution is 14.0. The first-order valence-corrected chi connectivity index (χ1v) is 8.89. The van der Waals surface area contributed by atoms with Gasteiger partial charge in [0.25, 0.3) is 0 Å². The largest absolute Gasteiger partial charge is 0.466 e. The molecule has 0 amide bonds. The molecule has 146 valence electrons. The number of hydrogen-bond donors (Lipinski definition) is 1. The van der Waals surface area contributed by atoms with E-state index in [1.165, 1.54) is 0 Å². The number of rotatable bonds is 5. The van der Waals surface area contributed by atoms with Crippen molar-refractivity contribution < 1.29 is 19.0 Å². The lowest BCUT2D eigenvalue weighted by atomic mass is 9.94. The molecule has 0 bridgehead atoms. The molecule has 0 radical (unpaired) electrons. The lowest BCUT2D eigenvalue weighted by Gasteiger charge is -2.38. The average molecular weight is 469 g/mol. The van der Waals surface area contributed by atoms with E-state index < -0.39 is 0 Å². The van der Waals surface area contributed by atoms with Crippen molar-refractivity contribution in [2.24, 2.45) is 10.9 Å². The Kier molecular flexibility index (Phi) is 10.0. The van der Waals surface area contributed by atoms with Crippen LogP contribution in [0.4, 0.5) is 0 Å². The molecule has 8 heteroatoms. The summed E-state index contributed by atoms with van der Waals surface area (Å²) < 4.78 is 16.4. The van der Waals surface area contributed by atoms with Gasteiger partial charge in [0, 0.05) is 59.8 Å². The van der Waals surface area contributed by atoms with Crippen LogP contribution in [0.25, 0.3) is 0 Å². The number of guanidine groups is 1. The molecule has 2 saturated heterocycles. The maximum atomic E-state index is 12.0. The number of esters is 1. The van der Waals surface area contributed by atoms with Gasteiger partial charge in [-0.2, -0.15) is 0 Å². The molecule has 2 fully saturated rings. The predicted molar refractivity (Wildman–Crippen MR) is 107 cm³/mol. The number of piperidine rings is 1. The quantitative estimate of drug-likeness (QED) is 0.286. The van der Waals surface area contributed by atoms with Crippen LogP contribution in [0.3, 0.4) is 0 Å². The zero-order valence-corrected chi connectivity index (χ0v) is 17.9. The third-order valence-electron chi connectivity index (χ3n) is 4.96. The first-order valence-electron chi connectivity index (χ1n) is 8.89. The second-order valence-electron chi connectivity index (χ2n) is 6.44. The van der Waals surface area contributed by atoms with Crippen LogP contribution in [-0.2, 0) is 19.0 Å². The first-order chi connectivity index (χ1) is 11.6. The Morgan fingerprint density at radius 2 is 2.12 bits per heavy atom. The summed E-state index contributed by atoms with van der Waals surface area (Å²) in [4.78, 5) is 18.6. The minimum Gasteiger partial charge on any atom is -0.466 e. The van der Waals surface area contributed by atoms with E-state index in [2.05, 4.69) is 15.2 Å². The summed E-state index contributed by atoms with van der Waals surface area (Å²) in [5.41, 5.74) is -0.204. The molecule has 0 spiro atoms. The number of carbonyl (C=O) groups excluding carboxylic acids is 1. The second kappa shape index (κ2) is 11.2. The number of methoxy groups -OCH3 is 1. The summed E-state index contributed by atoms with van der Waals surface area (Å²) in [7, 11) is 3.53. The van der Waals surface area contributed by atoms with Gasteiger partial charge in [-0.25, -0.2) is 0 Å². The lowest BCUT2D eigenvalue weighted by Crippen LogP contribution is -2.53. The van der Waals surface area contributed by atoms with Gasteiger partial charge in [-0.15, -0.1) is 24.0 Å². The fourth-order valence-corrected chi connectivity index (χ4v) is 3.39. The number of ether oxygens (including phenoxy) is 3. The molecule has 25 heavy (non-hydrogen) atoms. The number of carbonyl (C=O) groups is 1. The van der Waals surface area contributed by atoms with Crippen LogP contribution in [0.1, 0.15) is 32.6 Å². The Labute approximate surface area is 167 Å². The summed E-state index contributed by atoms with van der Waals surface area (Å²) in [5, 5.41) is 3.44. The van der Waals surface area contributed by atoms with Crippen molar-refractivity contribution in [2.45, 2.75) is 38.2 Å². The topological polar surface area (TPSA) is 72.4 Å².